The maximum absolute atomic E-state index is 4.56. The zero-order valence-corrected chi connectivity index (χ0v) is 13.2. The van der Waals surface area contributed by atoms with E-state index in [0.717, 1.165) is 22.9 Å². The molecule has 2 aromatic heterocycles. The molecule has 3 rings (SSSR count). The monoisotopic (exact) mass is 347 g/mol. The Morgan fingerprint density at radius 1 is 1.05 bits per heavy atom. The van der Waals surface area contributed by atoms with Gasteiger partial charge in [-0.1, -0.05) is 30.3 Å². The van der Waals surface area contributed by atoms with Gasteiger partial charge in [-0.3, -0.25) is 4.98 Å². The van der Waals surface area contributed by atoms with Crippen LogP contribution in [-0.4, -0.2) is 9.97 Å². The molecule has 0 aliphatic carbocycles. The highest BCUT2D eigenvalue weighted by molar-refractivity contribution is 8.93. The van der Waals surface area contributed by atoms with Gasteiger partial charge in [0.15, 0.2) is 5.13 Å². The van der Waals surface area contributed by atoms with E-state index in [9.17, 15) is 0 Å². The number of anilines is 1. The van der Waals surface area contributed by atoms with Gasteiger partial charge in [0.05, 0.1) is 5.69 Å². The van der Waals surface area contributed by atoms with Crippen molar-refractivity contribution in [2.45, 2.75) is 6.54 Å². The molecule has 0 radical (unpaired) electrons. The Balaban J connectivity index is 0.00000147. The molecule has 0 unspecified atom stereocenters. The summed E-state index contributed by atoms with van der Waals surface area (Å²) in [5.74, 6) is 0. The summed E-state index contributed by atoms with van der Waals surface area (Å²) in [6.45, 7) is 0.792. The smallest absolute Gasteiger partial charge is 0.183 e. The molecule has 0 aliphatic rings. The lowest BCUT2D eigenvalue weighted by molar-refractivity contribution is 1.13. The molecule has 0 fully saturated rings. The number of aromatic nitrogens is 2. The highest BCUT2D eigenvalue weighted by Gasteiger charge is 2.03. The standard InChI is InChI=1S/C15H13N3S.BrH/c1-2-5-12(6-3-1)9-17-15-18-14(11-19-15)13-7-4-8-16-10-13;/h1-8,10-11H,9H2,(H,17,18);1H. The van der Waals surface area contributed by atoms with Gasteiger partial charge in [-0.2, -0.15) is 0 Å². The topological polar surface area (TPSA) is 37.8 Å². The Bertz CT molecular complexity index is 640. The minimum atomic E-state index is 0. The average Bonchev–Trinajstić information content (AvgIpc) is 2.96. The van der Waals surface area contributed by atoms with Crippen molar-refractivity contribution in [3.63, 3.8) is 0 Å². The summed E-state index contributed by atoms with van der Waals surface area (Å²) in [6.07, 6.45) is 3.60. The molecule has 102 valence electrons. The van der Waals surface area contributed by atoms with E-state index >= 15 is 0 Å². The van der Waals surface area contributed by atoms with E-state index in [1.54, 1.807) is 17.5 Å². The Kier molecular flexibility index (Phi) is 5.26. The Morgan fingerprint density at radius 2 is 1.90 bits per heavy atom. The molecule has 1 N–H and O–H groups in total. The summed E-state index contributed by atoms with van der Waals surface area (Å²) < 4.78 is 0. The molecule has 0 saturated heterocycles. The third-order valence-electron chi connectivity index (χ3n) is 2.75. The van der Waals surface area contributed by atoms with Crippen LogP contribution in [0.5, 0.6) is 0 Å². The van der Waals surface area contributed by atoms with Crippen molar-refractivity contribution in [2.75, 3.05) is 5.32 Å². The SMILES string of the molecule is Br.c1ccc(CNc2nc(-c3cccnc3)cs2)cc1. The Labute approximate surface area is 132 Å². The normalized spacial score (nSPS) is 9.80. The fourth-order valence-corrected chi connectivity index (χ4v) is 2.49. The van der Waals surface area contributed by atoms with Crippen molar-refractivity contribution in [1.29, 1.82) is 0 Å². The lowest BCUT2D eigenvalue weighted by atomic mass is 10.2. The molecule has 0 atom stereocenters. The fraction of sp³-hybridized carbons (Fsp3) is 0.0667. The van der Waals surface area contributed by atoms with Gasteiger partial charge in [-0.25, -0.2) is 4.98 Å². The highest BCUT2D eigenvalue weighted by Crippen LogP contribution is 2.24. The van der Waals surface area contributed by atoms with Crippen LogP contribution in [0.4, 0.5) is 5.13 Å². The van der Waals surface area contributed by atoms with Gasteiger partial charge in [-0.05, 0) is 17.7 Å². The maximum Gasteiger partial charge on any atom is 0.183 e. The van der Waals surface area contributed by atoms with Gasteiger partial charge >= 0.3 is 0 Å². The molecule has 0 bridgehead atoms. The van der Waals surface area contributed by atoms with Crippen LogP contribution in [0.2, 0.25) is 0 Å². The quantitative estimate of drug-likeness (QED) is 0.760. The fourth-order valence-electron chi connectivity index (χ4n) is 1.78. The van der Waals surface area contributed by atoms with Crippen LogP contribution in [0.15, 0.2) is 60.2 Å². The van der Waals surface area contributed by atoms with E-state index < -0.39 is 0 Å². The van der Waals surface area contributed by atoms with Crippen LogP contribution < -0.4 is 5.32 Å². The second-order valence-electron chi connectivity index (χ2n) is 4.12. The number of halogens is 1. The van der Waals surface area contributed by atoms with Crippen molar-refractivity contribution in [2.24, 2.45) is 0 Å². The van der Waals surface area contributed by atoms with Crippen LogP contribution in [0.25, 0.3) is 11.3 Å². The first-order valence-electron chi connectivity index (χ1n) is 6.05. The van der Waals surface area contributed by atoms with Crippen molar-refractivity contribution < 1.29 is 0 Å². The van der Waals surface area contributed by atoms with E-state index in [-0.39, 0.29) is 17.0 Å². The van der Waals surface area contributed by atoms with Crippen molar-refractivity contribution in [1.82, 2.24) is 9.97 Å². The molecule has 3 nitrogen and oxygen atoms in total. The first kappa shape index (κ1) is 14.7. The van der Waals surface area contributed by atoms with Crippen LogP contribution >= 0.6 is 28.3 Å². The van der Waals surface area contributed by atoms with Crippen molar-refractivity contribution in [3.8, 4) is 11.3 Å². The summed E-state index contributed by atoms with van der Waals surface area (Å²) in [4.78, 5) is 8.67. The lowest BCUT2D eigenvalue weighted by Gasteiger charge is -2.02. The number of rotatable bonds is 4. The van der Waals surface area contributed by atoms with Gasteiger partial charge in [0.2, 0.25) is 0 Å². The number of nitrogens with zero attached hydrogens (tertiary/aromatic N) is 2. The van der Waals surface area contributed by atoms with E-state index in [1.165, 1.54) is 5.56 Å². The number of pyridine rings is 1. The average molecular weight is 348 g/mol. The second kappa shape index (κ2) is 7.17. The molecule has 20 heavy (non-hydrogen) atoms. The molecule has 0 spiro atoms. The van der Waals surface area contributed by atoms with Crippen molar-refractivity contribution in [3.05, 3.63) is 65.8 Å². The summed E-state index contributed by atoms with van der Waals surface area (Å²) in [6, 6.07) is 14.2. The third kappa shape index (κ3) is 3.65. The number of thiazole rings is 1. The van der Waals surface area contributed by atoms with Gasteiger partial charge in [0, 0.05) is 29.9 Å². The van der Waals surface area contributed by atoms with Gasteiger partial charge < -0.3 is 5.32 Å². The summed E-state index contributed by atoms with van der Waals surface area (Å²) in [5, 5.41) is 6.32. The minimum absolute atomic E-state index is 0. The summed E-state index contributed by atoms with van der Waals surface area (Å²) in [5.41, 5.74) is 3.26. The molecule has 0 aliphatic heterocycles. The molecular weight excluding hydrogens is 334 g/mol. The Hall–Kier alpha value is -1.72. The zero-order chi connectivity index (χ0) is 12.9. The Morgan fingerprint density at radius 3 is 2.65 bits per heavy atom. The number of hydrogen-bond acceptors (Lipinski definition) is 4. The van der Waals surface area contributed by atoms with E-state index in [1.807, 2.05) is 41.9 Å². The molecule has 5 heteroatoms. The predicted octanol–water partition coefficient (Wildman–Crippen LogP) is 4.40. The number of benzene rings is 1. The molecule has 3 aromatic rings. The molecule has 1 aromatic carbocycles. The molecule has 0 amide bonds. The second-order valence-corrected chi connectivity index (χ2v) is 4.98. The number of nitrogens with one attached hydrogen (secondary N) is 1. The minimum Gasteiger partial charge on any atom is -0.357 e. The lowest BCUT2D eigenvalue weighted by Crippen LogP contribution is -1.98. The van der Waals surface area contributed by atoms with E-state index in [0.29, 0.717) is 0 Å². The first-order valence-corrected chi connectivity index (χ1v) is 6.93. The van der Waals surface area contributed by atoms with Crippen molar-refractivity contribution >= 4 is 33.4 Å². The molecule has 2 heterocycles. The largest absolute Gasteiger partial charge is 0.357 e. The van der Waals surface area contributed by atoms with Crippen LogP contribution in [-0.2, 0) is 6.54 Å². The van der Waals surface area contributed by atoms with Crippen LogP contribution in [0, 0.1) is 0 Å². The predicted molar refractivity (Wildman–Crippen MR) is 89.4 cm³/mol. The first-order chi connectivity index (χ1) is 9.42. The molecule has 0 saturated carbocycles. The number of hydrogen-bond donors (Lipinski definition) is 1. The van der Waals surface area contributed by atoms with Gasteiger partial charge in [0.1, 0.15) is 0 Å². The van der Waals surface area contributed by atoms with Crippen LogP contribution in [0.3, 0.4) is 0 Å². The van der Waals surface area contributed by atoms with E-state index in [2.05, 4.69) is 27.4 Å². The third-order valence-corrected chi connectivity index (χ3v) is 3.55. The highest BCUT2D eigenvalue weighted by atomic mass is 79.9. The van der Waals surface area contributed by atoms with Gasteiger partial charge in [-0.15, -0.1) is 28.3 Å². The van der Waals surface area contributed by atoms with Gasteiger partial charge in [0.25, 0.3) is 0 Å². The summed E-state index contributed by atoms with van der Waals surface area (Å²) in [7, 11) is 0. The van der Waals surface area contributed by atoms with Crippen LogP contribution in [0.1, 0.15) is 5.56 Å². The molecular formula is C15H14BrN3S. The van der Waals surface area contributed by atoms with E-state index in [4.69, 9.17) is 0 Å². The summed E-state index contributed by atoms with van der Waals surface area (Å²) >= 11 is 1.61. The maximum atomic E-state index is 4.56. The zero-order valence-electron chi connectivity index (χ0n) is 10.7.